The summed E-state index contributed by atoms with van der Waals surface area (Å²) >= 11 is 0. The monoisotopic (exact) mass is 395 g/mol. The maximum atomic E-state index is 11.8. The van der Waals surface area contributed by atoms with Gasteiger partial charge in [-0.2, -0.15) is 0 Å². The van der Waals surface area contributed by atoms with Gasteiger partial charge in [0.25, 0.3) is 0 Å². The van der Waals surface area contributed by atoms with Gasteiger partial charge >= 0.3 is 0 Å². The molecule has 1 aliphatic carbocycles. The van der Waals surface area contributed by atoms with Gasteiger partial charge in [0.15, 0.2) is 0 Å². The smallest absolute Gasteiger partial charge is 0.208 e. The number of hydrogen-bond acceptors (Lipinski definition) is 5. The normalized spacial score (nSPS) is 29.6. The van der Waals surface area contributed by atoms with Crippen molar-refractivity contribution in [3.8, 4) is 0 Å². The molecule has 1 aromatic heterocycles. The van der Waals surface area contributed by atoms with Crippen molar-refractivity contribution in [2.24, 2.45) is 11.8 Å². The molecule has 0 bridgehead atoms. The van der Waals surface area contributed by atoms with E-state index in [0.29, 0.717) is 12.7 Å². The minimum absolute atomic E-state index is 0.0769. The zero-order valence-electron chi connectivity index (χ0n) is 16.5. The van der Waals surface area contributed by atoms with E-state index in [1.807, 2.05) is 18.2 Å². The molecular formula is C20H33N3O3S. The predicted molar refractivity (Wildman–Crippen MR) is 108 cm³/mol. The molecule has 0 radical (unpaired) electrons. The van der Waals surface area contributed by atoms with Crippen LogP contribution in [-0.4, -0.2) is 51.5 Å². The second-order valence-electron chi connectivity index (χ2n) is 8.06. The molecule has 2 aliphatic rings. The van der Waals surface area contributed by atoms with Gasteiger partial charge in [-0.1, -0.05) is 19.4 Å². The van der Waals surface area contributed by atoms with Crippen LogP contribution in [0.15, 0.2) is 24.4 Å². The highest BCUT2D eigenvalue weighted by molar-refractivity contribution is 7.88. The summed E-state index contributed by atoms with van der Waals surface area (Å²) in [6.45, 7) is 4.41. The number of hydrogen-bond donors (Lipinski definition) is 1. The molecule has 152 valence electrons. The number of piperidine rings is 1. The van der Waals surface area contributed by atoms with Gasteiger partial charge in [0.05, 0.1) is 19.0 Å². The second-order valence-corrected chi connectivity index (χ2v) is 9.84. The molecule has 2 fully saturated rings. The van der Waals surface area contributed by atoms with E-state index in [4.69, 9.17) is 4.74 Å². The van der Waals surface area contributed by atoms with Crippen molar-refractivity contribution in [3.63, 3.8) is 0 Å². The van der Waals surface area contributed by atoms with Gasteiger partial charge in [0.2, 0.25) is 10.0 Å². The zero-order chi connectivity index (χ0) is 19.3. The lowest BCUT2D eigenvalue weighted by molar-refractivity contribution is -0.00741. The maximum absolute atomic E-state index is 11.8. The first-order valence-corrected chi connectivity index (χ1v) is 12.1. The van der Waals surface area contributed by atoms with Gasteiger partial charge in [-0.3, -0.25) is 0 Å². The van der Waals surface area contributed by atoms with Crippen molar-refractivity contribution in [1.29, 1.82) is 0 Å². The van der Waals surface area contributed by atoms with Crippen molar-refractivity contribution in [2.75, 3.05) is 30.9 Å². The summed E-state index contributed by atoms with van der Waals surface area (Å²) in [4.78, 5) is 6.69. The molecule has 1 saturated carbocycles. The third-order valence-electron chi connectivity index (χ3n) is 5.99. The first kappa shape index (κ1) is 20.6. The third kappa shape index (κ3) is 6.16. The summed E-state index contributed by atoms with van der Waals surface area (Å²) in [5, 5.41) is 0. The Balaban J connectivity index is 1.61. The van der Waals surface area contributed by atoms with E-state index in [1.165, 1.54) is 25.5 Å². The summed E-state index contributed by atoms with van der Waals surface area (Å²) in [7, 11) is -3.23. The van der Waals surface area contributed by atoms with Gasteiger partial charge in [-0.25, -0.2) is 18.1 Å². The van der Waals surface area contributed by atoms with Crippen LogP contribution in [0, 0.1) is 11.8 Å². The van der Waals surface area contributed by atoms with Crippen LogP contribution in [0.1, 0.15) is 45.4 Å². The van der Waals surface area contributed by atoms with Gasteiger partial charge in [0.1, 0.15) is 5.82 Å². The average Bonchev–Trinajstić information content (AvgIpc) is 2.67. The summed E-state index contributed by atoms with van der Waals surface area (Å²) in [5.41, 5.74) is 0. The number of ether oxygens (including phenoxy) is 1. The third-order valence-corrected chi connectivity index (χ3v) is 6.72. The average molecular weight is 396 g/mol. The highest BCUT2D eigenvalue weighted by Crippen LogP contribution is 2.29. The lowest BCUT2D eigenvalue weighted by Gasteiger charge is -2.40. The minimum atomic E-state index is -3.23. The summed E-state index contributed by atoms with van der Waals surface area (Å²) in [6.07, 6.45) is 10.1. The van der Waals surface area contributed by atoms with Gasteiger partial charge in [0, 0.05) is 31.2 Å². The van der Waals surface area contributed by atoms with Crippen LogP contribution in [0.25, 0.3) is 0 Å². The van der Waals surface area contributed by atoms with Crippen LogP contribution >= 0.6 is 0 Å². The fourth-order valence-corrected chi connectivity index (χ4v) is 5.21. The zero-order valence-corrected chi connectivity index (χ0v) is 17.3. The second kappa shape index (κ2) is 9.34. The number of nitrogens with zero attached hydrogens (tertiary/aromatic N) is 2. The highest BCUT2D eigenvalue weighted by atomic mass is 32.2. The molecule has 3 rings (SSSR count). The quantitative estimate of drug-likeness (QED) is 0.769. The van der Waals surface area contributed by atoms with Crippen molar-refractivity contribution >= 4 is 15.8 Å². The SMILES string of the molecule is CCC1CCC(OC[C@@H]2CN(c3ccccn3)CCC2NS(C)(=O)=O)CC1. The molecule has 6 nitrogen and oxygen atoms in total. The topological polar surface area (TPSA) is 71.5 Å². The van der Waals surface area contributed by atoms with Crippen molar-refractivity contribution in [2.45, 2.75) is 57.6 Å². The lowest BCUT2D eigenvalue weighted by atomic mass is 9.85. The minimum Gasteiger partial charge on any atom is -0.378 e. The summed E-state index contributed by atoms with van der Waals surface area (Å²) in [6, 6.07) is 5.83. The van der Waals surface area contributed by atoms with Crippen LogP contribution in [-0.2, 0) is 14.8 Å². The highest BCUT2D eigenvalue weighted by Gasteiger charge is 2.33. The molecular weight excluding hydrogens is 362 g/mol. The van der Waals surface area contributed by atoms with E-state index in [-0.39, 0.29) is 12.0 Å². The predicted octanol–water partition coefficient (Wildman–Crippen LogP) is 2.81. The Bertz CT molecular complexity index is 675. The van der Waals surface area contributed by atoms with E-state index < -0.39 is 10.0 Å². The number of anilines is 1. The molecule has 1 N–H and O–H groups in total. The Labute approximate surface area is 163 Å². The molecule has 0 spiro atoms. The maximum Gasteiger partial charge on any atom is 0.208 e. The molecule has 27 heavy (non-hydrogen) atoms. The van der Waals surface area contributed by atoms with Gasteiger partial charge in [-0.15, -0.1) is 0 Å². The largest absolute Gasteiger partial charge is 0.378 e. The van der Waals surface area contributed by atoms with Crippen LogP contribution < -0.4 is 9.62 Å². The summed E-state index contributed by atoms with van der Waals surface area (Å²) < 4.78 is 32.7. The van der Waals surface area contributed by atoms with Crippen molar-refractivity contribution in [3.05, 3.63) is 24.4 Å². The number of aromatic nitrogens is 1. The number of pyridine rings is 1. The number of rotatable bonds is 7. The fraction of sp³-hybridized carbons (Fsp3) is 0.750. The Morgan fingerprint density at radius 1 is 1.22 bits per heavy atom. The van der Waals surface area contributed by atoms with Crippen LogP contribution in [0.3, 0.4) is 0 Å². The standard InChI is InChI=1S/C20H33N3O3S/c1-3-16-7-9-18(10-8-16)26-15-17-14-23(20-6-4-5-12-21-20)13-11-19(17)22-27(2,24)25/h4-6,12,16-19,22H,3,7-11,13-15H2,1-2H3/t16?,17-,18?,19?/m0/s1. The van der Waals surface area contributed by atoms with Gasteiger partial charge < -0.3 is 9.64 Å². The fourth-order valence-electron chi connectivity index (χ4n) is 4.35. The van der Waals surface area contributed by atoms with E-state index in [2.05, 4.69) is 21.5 Å². The van der Waals surface area contributed by atoms with Crippen LogP contribution in [0.2, 0.25) is 0 Å². The molecule has 2 heterocycles. The molecule has 1 aromatic rings. The molecule has 1 aliphatic heterocycles. The Kier molecular flexibility index (Phi) is 7.11. The van der Waals surface area contributed by atoms with E-state index in [1.54, 1.807) is 6.20 Å². The number of nitrogens with one attached hydrogen (secondary N) is 1. The molecule has 7 heteroatoms. The Morgan fingerprint density at radius 3 is 2.63 bits per heavy atom. The molecule has 2 atom stereocenters. The van der Waals surface area contributed by atoms with Crippen LogP contribution in [0.5, 0.6) is 0 Å². The van der Waals surface area contributed by atoms with Crippen LogP contribution in [0.4, 0.5) is 5.82 Å². The van der Waals surface area contributed by atoms with Crippen molar-refractivity contribution < 1.29 is 13.2 Å². The molecule has 0 amide bonds. The summed E-state index contributed by atoms with van der Waals surface area (Å²) in [5.74, 6) is 1.92. The Morgan fingerprint density at radius 2 is 2.00 bits per heavy atom. The molecule has 1 saturated heterocycles. The van der Waals surface area contributed by atoms with E-state index >= 15 is 0 Å². The molecule has 1 unspecified atom stereocenters. The first-order valence-electron chi connectivity index (χ1n) is 10.2. The van der Waals surface area contributed by atoms with Gasteiger partial charge in [-0.05, 0) is 50.2 Å². The Hall–Kier alpha value is -1.18. The number of sulfonamides is 1. The lowest BCUT2D eigenvalue weighted by Crippen LogP contribution is -2.52. The van der Waals surface area contributed by atoms with E-state index in [0.717, 1.165) is 44.1 Å². The molecule has 0 aromatic carbocycles. The van der Waals surface area contributed by atoms with E-state index in [9.17, 15) is 8.42 Å². The van der Waals surface area contributed by atoms with Crippen molar-refractivity contribution in [1.82, 2.24) is 9.71 Å². The first-order chi connectivity index (χ1) is 12.9.